The molecule has 0 atom stereocenters. The predicted octanol–water partition coefficient (Wildman–Crippen LogP) is 1.31. The van der Waals surface area contributed by atoms with Gasteiger partial charge >= 0.3 is 0 Å². The number of aryl methyl sites for hydroxylation is 1. The molecule has 1 heterocycles. The average Bonchev–Trinajstić information content (AvgIpc) is 2.33. The Morgan fingerprint density at radius 2 is 2.31 bits per heavy atom. The molecule has 3 nitrogen and oxygen atoms in total. The molecule has 0 aliphatic rings. The number of rotatable bonds is 4. The van der Waals surface area contributed by atoms with E-state index in [0.717, 1.165) is 17.2 Å². The molecule has 2 N–H and O–H groups in total. The summed E-state index contributed by atoms with van der Waals surface area (Å²) in [5.41, 5.74) is 0.400. The number of hydrogen-bond acceptors (Lipinski definition) is 4. The van der Waals surface area contributed by atoms with Gasteiger partial charge in [-0.05, 0) is 20.8 Å². The van der Waals surface area contributed by atoms with E-state index in [4.69, 9.17) is 0 Å². The molecule has 0 aromatic carbocycles. The smallest absolute Gasteiger partial charge is 0.0897 e. The van der Waals surface area contributed by atoms with Crippen LogP contribution in [0.15, 0.2) is 5.38 Å². The molecule has 0 aliphatic heterocycles. The highest BCUT2D eigenvalue weighted by Gasteiger charge is 2.11. The van der Waals surface area contributed by atoms with Gasteiger partial charge in [0.05, 0.1) is 16.3 Å². The highest BCUT2D eigenvalue weighted by atomic mass is 32.1. The van der Waals surface area contributed by atoms with E-state index < -0.39 is 5.60 Å². The van der Waals surface area contributed by atoms with Crippen molar-refractivity contribution >= 4 is 11.3 Å². The van der Waals surface area contributed by atoms with Crippen molar-refractivity contribution in [3.05, 3.63) is 16.1 Å². The molecule has 0 saturated heterocycles. The SMILES string of the molecule is Cc1nc(CNCC(C)(C)O)cs1. The van der Waals surface area contributed by atoms with Crippen LogP contribution in [0.2, 0.25) is 0 Å². The fourth-order valence-electron chi connectivity index (χ4n) is 0.986. The van der Waals surface area contributed by atoms with Gasteiger partial charge in [-0.2, -0.15) is 0 Å². The molecule has 0 spiro atoms. The highest BCUT2D eigenvalue weighted by molar-refractivity contribution is 7.09. The Hall–Kier alpha value is -0.450. The van der Waals surface area contributed by atoms with Gasteiger partial charge in [-0.1, -0.05) is 0 Å². The minimum absolute atomic E-state index is 0.587. The molecule has 0 saturated carbocycles. The summed E-state index contributed by atoms with van der Waals surface area (Å²) in [6.07, 6.45) is 0. The monoisotopic (exact) mass is 200 g/mol. The first-order chi connectivity index (χ1) is 5.97. The summed E-state index contributed by atoms with van der Waals surface area (Å²) in [6, 6.07) is 0. The van der Waals surface area contributed by atoms with E-state index in [1.807, 2.05) is 12.3 Å². The van der Waals surface area contributed by atoms with Crippen LogP contribution in [0.5, 0.6) is 0 Å². The normalized spacial score (nSPS) is 12.0. The lowest BCUT2D eigenvalue weighted by atomic mass is 10.1. The van der Waals surface area contributed by atoms with E-state index in [1.54, 1.807) is 25.2 Å². The molecule has 0 fully saturated rings. The minimum Gasteiger partial charge on any atom is -0.389 e. The van der Waals surface area contributed by atoms with Crippen LogP contribution in [0.4, 0.5) is 0 Å². The third kappa shape index (κ3) is 4.36. The second kappa shape index (κ2) is 4.17. The fraction of sp³-hybridized carbons (Fsp3) is 0.667. The molecule has 0 radical (unpaired) electrons. The molecule has 1 aromatic heterocycles. The van der Waals surface area contributed by atoms with Crippen LogP contribution in [0.3, 0.4) is 0 Å². The molecule has 0 unspecified atom stereocenters. The summed E-state index contributed by atoms with van der Waals surface area (Å²) in [7, 11) is 0. The van der Waals surface area contributed by atoms with Crippen molar-refractivity contribution in [1.29, 1.82) is 0 Å². The zero-order chi connectivity index (χ0) is 9.90. The van der Waals surface area contributed by atoms with Crippen LogP contribution >= 0.6 is 11.3 Å². The molecule has 0 aliphatic carbocycles. The molecular formula is C9H16N2OS. The van der Waals surface area contributed by atoms with E-state index in [-0.39, 0.29) is 0 Å². The number of aliphatic hydroxyl groups is 1. The lowest BCUT2D eigenvalue weighted by Gasteiger charge is -2.16. The van der Waals surface area contributed by atoms with Crippen LogP contribution in [0.25, 0.3) is 0 Å². The van der Waals surface area contributed by atoms with Crippen LogP contribution in [-0.4, -0.2) is 22.2 Å². The lowest BCUT2D eigenvalue weighted by Crippen LogP contribution is -2.34. The molecule has 4 heteroatoms. The van der Waals surface area contributed by atoms with Crippen LogP contribution in [-0.2, 0) is 6.54 Å². The van der Waals surface area contributed by atoms with Crippen molar-refractivity contribution < 1.29 is 5.11 Å². The third-order valence-electron chi connectivity index (χ3n) is 1.53. The van der Waals surface area contributed by atoms with Crippen molar-refractivity contribution in [3.63, 3.8) is 0 Å². The largest absolute Gasteiger partial charge is 0.389 e. The average molecular weight is 200 g/mol. The third-order valence-corrected chi connectivity index (χ3v) is 2.35. The Balaban J connectivity index is 2.28. The molecule has 1 rings (SSSR count). The summed E-state index contributed by atoms with van der Waals surface area (Å²) >= 11 is 1.65. The first kappa shape index (κ1) is 10.6. The van der Waals surface area contributed by atoms with Crippen molar-refractivity contribution in [2.45, 2.75) is 32.9 Å². The van der Waals surface area contributed by atoms with E-state index in [9.17, 15) is 5.11 Å². The van der Waals surface area contributed by atoms with Crippen LogP contribution < -0.4 is 5.32 Å². The maximum Gasteiger partial charge on any atom is 0.0897 e. The van der Waals surface area contributed by atoms with Crippen molar-refractivity contribution in [3.8, 4) is 0 Å². The van der Waals surface area contributed by atoms with Gasteiger partial charge in [0.2, 0.25) is 0 Å². The van der Waals surface area contributed by atoms with Gasteiger partial charge in [0.25, 0.3) is 0 Å². The van der Waals surface area contributed by atoms with Crippen LogP contribution in [0, 0.1) is 6.92 Å². The summed E-state index contributed by atoms with van der Waals surface area (Å²) in [5.74, 6) is 0. The topological polar surface area (TPSA) is 45.2 Å². The Kier molecular flexibility index (Phi) is 3.41. The first-order valence-electron chi connectivity index (χ1n) is 4.31. The van der Waals surface area contributed by atoms with E-state index in [2.05, 4.69) is 10.3 Å². The minimum atomic E-state index is -0.648. The Bertz CT molecular complexity index is 265. The summed E-state index contributed by atoms with van der Waals surface area (Å²) < 4.78 is 0. The summed E-state index contributed by atoms with van der Waals surface area (Å²) in [5, 5.41) is 15.7. The second-order valence-corrected chi connectivity index (χ2v) is 4.84. The van der Waals surface area contributed by atoms with Gasteiger partial charge in [-0.25, -0.2) is 4.98 Å². The van der Waals surface area contributed by atoms with Gasteiger partial charge in [-0.15, -0.1) is 11.3 Å². The molecular weight excluding hydrogens is 184 g/mol. The van der Waals surface area contributed by atoms with Gasteiger partial charge in [-0.3, -0.25) is 0 Å². The maximum absolute atomic E-state index is 9.42. The molecule has 13 heavy (non-hydrogen) atoms. The highest BCUT2D eigenvalue weighted by Crippen LogP contribution is 2.07. The van der Waals surface area contributed by atoms with E-state index >= 15 is 0 Å². The summed E-state index contributed by atoms with van der Waals surface area (Å²) in [4.78, 5) is 4.30. The van der Waals surface area contributed by atoms with Gasteiger partial charge in [0.1, 0.15) is 0 Å². The van der Waals surface area contributed by atoms with Crippen molar-refractivity contribution in [1.82, 2.24) is 10.3 Å². The lowest BCUT2D eigenvalue weighted by molar-refractivity contribution is 0.0794. The first-order valence-corrected chi connectivity index (χ1v) is 5.19. The number of aromatic nitrogens is 1. The molecule has 0 amide bonds. The molecule has 0 bridgehead atoms. The van der Waals surface area contributed by atoms with Crippen molar-refractivity contribution in [2.24, 2.45) is 0 Å². The van der Waals surface area contributed by atoms with E-state index in [1.165, 1.54) is 0 Å². The number of nitrogens with one attached hydrogen (secondary N) is 1. The van der Waals surface area contributed by atoms with Gasteiger partial charge in [0.15, 0.2) is 0 Å². The predicted molar refractivity (Wildman–Crippen MR) is 54.9 cm³/mol. The Labute approximate surface area is 82.8 Å². The summed E-state index contributed by atoms with van der Waals surface area (Å²) in [6.45, 7) is 6.88. The quantitative estimate of drug-likeness (QED) is 0.770. The standard InChI is InChI=1S/C9H16N2OS/c1-7-11-8(5-13-7)4-10-6-9(2,3)12/h5,10,12H,4,6H2,1-3H3. The number of nitrogens with zero attached hydrogens (tertiary/aromatic N) is 1. The fourth-order valence-corrected chi connectivity index (χ4v) is 1.60. The molecule has 74 valence electrons. The zero-order valence-electron chi connectivity index (χ0n) is 8.29. The zero-order valence-corrected chi connectivity index (χ0v) is 9.11. The number of thiazole rings is 1. The van der Waals surface area contributed by atoms with Gasteiger partial charge in [0, 0.05) is 18.5 Å². The van der Waals surface area contributed by atoms with Gasteiger partial charge < -0.3 is 10.4 Å². The maximum atomic E-state index is 9.42. The Morgan fingerprint density at radius 1 is 1.62 bits per heavy atom. The van der Waals surface area contributed by atoms with Crippen LogP contribution in [0.1, 0.15) is 24.5 Å². The second-order valence-electron chi connectivity index (χ2n) is 3.77. The number of hydrogen-bond donors (Lipinski definition) is 2. The molecule has 1 aromatic rings. The van der Waals surface area contributed by atoms with E-state index in [0.29, 0.717) is 6.54 Å². The van der Waals surface area contributed by atoms with Crippen molar-refractivity contribution in [2.75, 3.05) is 6.54 Å². The Morgan fingerprint density at radius 3 is 2.77 bits per heavy atom.